The number of amides is 1. The summed E-state index contributed by atoms with van der Waals surface area (Å²) in [7, 11) is 1.60. The third-order valence-corrected chi connectivity index (χ3v) is 3.89. The Morgan fingerprint density at radius 3 is 2.30 bits per heavy atom. The highest BCUT2D eigenvalue weighted by molar-refractivity contribution is 6.30. The lowest BCUT2D eigenvalue weighted by atomic mass is 10.3. The molecule has 2 aromatic carbocycles. The highest BCUT2D eigenvalue weighted by atomic mass is 35.5. The summed E-state index contributed by atoms with van der Waals surface area (Å²) in [5, 5.41) is 3.24. The van der Waals surface area contributed by atoms with Gasteiger partial charge in [-0.05, 0) is 61.9 Å². The van der Waals surface area contributed by atoms with Crippen molar-refractivity contribution in [2.45, 2.75) is 25.9 Å². The molecule has 0 bridgehead atoms. The minimum Gasteiger partial charge on any atom is -0.497 e. The van der Waals surface area contributed by atoms with Crippen molar-refractivity contribution >= 4 is 29.2 Å². The lowest BCUT2D eigenvalue weighted by molar-refractivity contribution is -0.153. The van der Waals surface area contributed by atoms with Crippen LogP contribution in [0.3, 0.4) is 0 Å². The van der Waals surface area contributed by atoms with Gasteiger partial charge in [-0.3, -0.25) is 9.59 Å². The van der Waals surface area contributed by atoms with Crippen LogP contribution in [0.5, 0.6) is 11.5 Å². The van der Waals surface area contributed by atoms with Gasteiger partial charge in [0.1, 0.15) is 11.5 Å². The molecule has 0 aliphatic carbocycles. The number of carbonyl (C=O) groups excluding carboxylic acids is 2. The van der Waals surface area contributed by atoms with Gasteiger partial charge in [-0.1, -0.05) is 11.6 Å². The van der Waals surface area contributed by atoms with E-state index in [9.17, 15) is 9.59 Å². The molecule has 1 N–H and O–H groups in total. The van der Waals surface area contributed by atoms with E-state index in [1.807, 2.05) is 0 Å². The maximum atomic E-state index is 12.0. The van der Waals surface area contributed by atoms with Gasteiger partial charge in [0.05, 0.1) is 13.7 Å². The van der Waals surface area contributed by atoms with E-state index in [0.29, 0.717) is 29.5 Å². The van der Waals surface area contributed by atoms with E-state index < -0.39 is 18.0 Å². The number of nitrogens with one attached hydrogen (secondary N) is 1. The maximum absolute atomic E-state index is 12.0. The smallest absolute Gasteiger partial charge is 0.306 e. The van der Waals surface area contributed by atoms with E-state index in [1.54, 1.807) is 55.6 Å². The number of benzene rings is 2. The van der Waals surface area contributed by atoms with Gasteiger partial charge >= 0.3 is 5.97 Å². The van der Waals surface area contributed by atoms with Crippen molar-refractivity contribution in [1.29, 1.82) is 0 Å². The van der Waals surface area contributed by atoms with Gasteiger partial charge in [0.2, 0.25) is 0 Å². The molecule has 1 amide bonds. The van der Waals surface area contributed by atoms with Crippen LogP contribution in [0.15, 0.2) is 48.5 Å². The number of hydrogen-bond donors (Lipinski definition) is 1. The third kappa shape index (κ3) is 7.19. The zero-order chi connectivity index (χ0) is 19.6. The first-order valence-electron chi connectivity index (χ1n) is 8.50. The number of hydrogen-bond acceptors (Lipinski definition) is 5. The minimum atomic E-state index is -0.893. The first-order valence-corrected chi connectivity index (χ1v) is 8.88. The van der Waals surface area contributed by atoms with Crippen molar-refractivity contribution in [3.05, 3.63) is 53.6 Å². The summed E-state index contributed by atoms with van der Waals surface area (Å²) in [6, 6.07) is 13.8. The first kappa shape index (κ1) is 20.6. The van der Waals surface area contributed by atoms with Crippen molar-refractivity contribution in [3.8, 4) is 11.5 Å². The Hall–Kier alpha value is -2.73. The number of halogens is 1. The molecule has 0 saturated heterocycles. The Labute approximate surface area is 163 Å². The molecule has 0 aromatic heterocycles. The van der Waals surface area contributed by atoms with Gasteiger partial charge < -0.3 is 19.5 Å². The van der Waals surface area contributed by atoms with Gasteiger partial charge in [0, 0.05) is 17.1 Å². The average molecular weight is 392 g/mol. The summed E-state index contributed by atoms with van der Waals surface area (Å²) < 4.78 is 15.8. The quantitative estimate of drug-likeness (QED) is 0.515. The monoisotopic (exact) mass is 391 g/mol. The number of rotatable bonds is 9. The van der Waals surface area contributed by atoms with Gasteiger partial charge in [-0.25, -0.2) is 0 Å². The van der Waals surface area contributed by atoms with Crippen LogP contribution in [-0.4, -0.2) is 31.7 Å². The summed E-state index contributed by atoms with van der Waals surface area (Å²) in [4.78, 5) is 23.9. The Morgan fingerprint density at radius 2 is 1.67 bits per heavy atom. The largest absolute Gasteiger partial charge is 0.497 e. The fraction of sp³-hybridized carbons (Fsp3) is 0.300. The second kappa shape index (κ2) is 10.4. The zero-order valence-electron chi connectivity index (χ0n) is 15.2. The molecule has 27 heavy (non-hydrogen) atoms. The van der Waals surface area contributed by atoms with E-state index in [4.69, 9.17) is 25.8 Å². The first-order chi connectivity index (χ1) is 13.0. The molecule has 2 rings (SSSR count). The summed E-state index contributed by atoms with van der Waals surface area (Å²) in [5.41, 5.74) is 0.584. The number of carbonyl (C=O) groups is 2. The van der Waals surface area contributed by atoms with Crippen LogP contribution < -0.4 is 14.8 Å². The fourth-order valence-electron chi connectivity index (χ4n) is 2.17. The highest BCUT2D eigenvalue weighted by Gasteiger charge is 2.17. The molecule has 6 nitrogen and oxygen atoms in total. The Kier molecular flexibility index (Phi) is 7.95. The molecule has 0 spiro atoms. The normalized spacial score (nSPS) is 11.4. The molecule has 2 aromatic rings. The van der Waals surface area contributed by atoms with Crippen LogP contribution in [0.4, 0.5) is 5.69 Å². The number of ether oxygens (including phenoxy) is 3. The van der Waals surface area contributed by atoms with Gasteiger partial charge in [0.25, 0.3) is 5.91 Å². The molecule has 0 saturated carbocycles. The van der Waals surface area contributed by atoms with Crippen LogP contribution in [0, 0.1) is 0 Å². The second-order valence-electron chi connectivity index (χ2n) is 5.76. The summed E-state index contributed by atoms with van der Waals surface area (Å²) in [6.07, 6.45) is -0.249. The molecule has 7 heteroatoms. The second-order valence-corrected chi connectivity index (χ2v) is 6.19. The zero-order valence-corrected chi connectivity index (χ0v) is 16.0. The van der Waals surface area contributed by atoms with Crippen molar-refractivity contribution in [2.75, 3.05) is 19.0 Å². The average Bonchev–Trinajstić information content (AvgIpc) is 2.67. The Bertz CT molecular complexity index is 746. The summed E-state index contributed by atoms with van der Waals surface area (Å²) in [5.74, 6) is 0.587. The maximum Gasteiger partial charge on any atom is 0.306 e. The molecule has 0 aliphatic rings. The van der Waals surface area contributed by atoms with Crippen molar-refractivity contribution in [2.24, 2.45) is 0 Å². The van der Waals surface area contributed by atoms with E-state index in [-0.39, 0.29) is 6.42 Å². The molecule has 0 heterocycles. The Morgan fingerprint density at radius 1 is 1.04 bits per heavy atom. The van der Waals surface area contributed by atoms with Crippen LogP contribution in [0.2, 0.25) is 5.02 Å². The number of anilines is 1. The van der Waals surface area contributed by atoms with E-state index in [1.165, 1.54) is 6.92 Å². The third-order valence-electron chi connectivity index (χ3n) is 3.64. The number of methoxy groups -OCH3 is 1. The molecule has 144 valence electrons. The van der Waals surface area contributed by atoms with E-state index in [0.717, 1.165) is 5.75 Å². The van der Waals surface area contributed by atoms with E-state index >= 15 is 0 Å². The van der Waals surface area contributed by atoms with Crippen molar-refractivity contribution in [3.63, 3.8) is 0 Å². The molecule has 0 fully saturated rings. The molecular formula is C20H22ClNO5. The molecule has 0 aliphatic heterocycles. The molecule has 1 unspecified atom stereocenters. The molecule has 0 radical (unpaired) electrons. The van der Waals surface area contributed by atoms with Crippen LogP contribution in [0.25, 0.3) is 0 Å². The van der Waals surface area contributed by atoms with Crippen molar-refractivity contribution in [1.82, 2.24) is 0 Å². The lowest BCUT2D eigenvalue weighted by Crippen LogP contribution is -2.30. The predicted molar refractivity (Wildman–Crippen MR) is 103 cm³/mol. The van der Waals surface area contributed by atoms with Crippen LogP contribution in [0.1, 0.15) is 19.8 Å². The number of esters is 1. The van der Waals surface area contributed by atoms with Crippen LogP contribution in [-0.2, 0) is 14.3 Å². The summed E-state index contributed by atoms with van der Waals surface area (Å²) in [6.45, 7) is 1.89. The topological polar surface area (TPSA) is 73.9 Å². The van der Waals surface area contributed by atoms with Gasteiger partial charge in [0.15, 0.2) is 6.10 Å². The Balaban J connectivity index is 1.66. The van der Waals surface area contributed by atoms with Crippen LogP contribution >= 0.6 is 11.6 Å². The van der Waals surface area contributed by atoms with Crippen molar-refractivity contribution < 1.29 is 23.8 Å². The minimum absolute atomic E-state index is 0.161. The summed E-state index contributed by atoms with van der Waals surface area (Å²) >= 11 is 5.79. The van der Waals surface area contributed by atoms with E-state index in [2.05, 4.69) is 5.32 Å². The highest BCUT2D eigenvalue weighted by Crippen LogP contribution is 2.17. The van der Waals surface area contributed by atoms with Gasteiger partial charge in [-0.15, -0.1) is 0 Å². The molecular weight excluding hydrogens is 370 g/mol. The predicted octanol–water partition coefficient (Wildman–Crippen LogP) is 4.08. The standard InChI is InChI=1S/C20H22ClNO5/c1-14(20(24)22-16-7-5-15(21)6-8-16)27-19(23)4-3-13-26-18-11-9-17(25-2)10-12-18/h5-12,14H,3-4,13H2,1-2H3,(H,22,24). The fourth-order valence-corrected chi connectivity index (χ4v) is 2.29. The SMILES string of the molecule is COc1ccc(OCCCC(=O)OC(C)C(=O)Nc2ccc(Cl)cc2)cc1. The lowest BCUT2D eigenvalue weighted by Gasteiger charge is -2.13. The molecule has 1 atom stereocenters. The van der Waals surface area contributed by atoms with Gasteiger partial charge in [-0.2, -0.15) is 0 Å².